The smallest absolute Gasteiger partial charge is 0.269 e. The second kappa shape index (κ2) is 7.49. The standard InChI is InChI=1S/C23H24N2O2/c1-16(22-8-4-6-18-5-2-3-7-23(18)22)24-20-12-9-19(15-20)17-10-13-21(14-11-17)25(26)27/h2-8,10-11,13-14,16,19-20,24H,9,12,15H2,1H3/t16-,19-,20+/m1/s1. The molecule has 0 spiro atoms. The van der Waals surface area contributed by atoms with Crippen LogP contribution in [0, 0.1) is 10.1 Å². The van der Waals surface area contributed by atoms with Gasteiger partial charge in [-0.3, -0.25) is 10.1 Å². The zero-order chi connectivity index (χ0) is 18.8. The fourth-order valence-corrected chi connectivity index (χ4v) is 4.38. The van der Waals surface area contributed by atoms with Gasteiger partial charge >= 0.3 is 0 Å². The molecule has 1 aliphatic rings. The van der Waals surface area contributed by atoms with E-state index in [0.29, 0.717) is 12.0 Å². The third-order valence-corrected chi connectivity index (χ3v) is 5.78. The quantitative estimate of drug-likeness (QED) is 0.466. The Hall–Kier alpha value is -2.72. The van der Waals surface area contributed by atoms with Gasteiger partial charge in [0, 0.05) is 24.2 Å². The topological polar surface area (TPSA) is 55.2 Å². The SMILES string of the molecule is C[C@@H](N[C@H]1CC[C@@H](c2ccc([N+](=O)[O-])cc2)C1)c1cccc2ccccc12. The van der Waals surface area contributed by atoms with Crippen molar-refractivity contribution in [1.29, 1.82) is 0 Å². The van der Waals surface area contributed by atoms with Crippen LogP contribution in [0.1, 0.15) is 49.3 Å². The Balaban J connectivity index is 1.44. The molecule has 4 rings (SSSR count). The molecule has 4 nitrogen and oxygen atoms in total. The molecular formula is C23H24N2O2. The highest BCUT2D eigenvalue weighted by Gasteiger charge is 2.27. The van der Waals surface area contributed by atoms with E-state index in [1.165, 1.54) is 21.9 Å². The summed E-state index contributed by atoms with van der Waals surface area (Å²) < 4.78 is 0. The van der Waals surface area contributed by atoms with Gasteiger partial charge in [-0.2, -0.15) is 0 Å². The van der Waals surface area contributed by atoms with Crippen molar-refractivity contribution in [2.45, 2.75) is 44.2 Å². The van der Waals surface area contributed by atoms with Crippen LogP contribution in [0.15, 0.2) is 66.7 Å². The zero-order valence-corrected chi connectivity index (χ0v) is 15.5. The Morgan fingerprint density at radius 1 is 1.00 bits per heavy atom. The predicted octanol–water partition coefficient (Wildman–Crippen LogP) is 5.73. The third kappa shape index (κ3) is 3.71. The molecule has 0 heterocycles. The number of rotatable bonds is 5. The minimum absolute atomic E-state index is 0.163. The van der Waals surface area contributed by atoms with Crippen LogP contribution in [0.5, 0.6) is 0 Å². The summed E-state index contributed by atoms with van der Waals surface area (Å²) in [7, 11) is 0. The first-order valence-corrected chi connectivity index (χ1v) is 9.60. The highest BCUT2D eigenvalue weighted by molar-refractivity contribution is 5.86. The van der Waals surface area contributed by atoms with E-state index in [4.69, 9.17) is 0 Å². The van der Waals surface area contributed by atoms with Crippen molar-refractivity contribution in [3.8, 4) is 0 Å². The van der Waals surface area contributed by atoms with Crippen LogP contribution in [-0.2, 0) is 0 Å². The Kier molecular flexibility index (Phi) is 4.90. The monoisotopic (exact) mass is 360 g/mol. The lowest BCUT2D eigenvalue weighted by Crippen LogP contribution is -2.29. The van der Waals surface area contributed by atoms with Gasteiger partial charge in [0.2, 0.25) is 0 Å². The molecule has 0 bridgehead atoms. The number of non-ortho nitro benzene ring substituents is 1. The fourth-order valence-electron chi connectivity index (χ4n) is 4.38. The Bertz CT molecular complexity index is 947. The summed E-state index contributed by atoms with van der Waals surface area (Å²) in [6.45, 7) is 2.24. The van der Waals surface area contributed by atoms with Gasteiger partial charge < -0.3 is 5.32 Å². The molecule has 1 aliphatic carbocycles. The minimum Gasteiger partial charge on any atom is -0.307 e. The van der Waals surface area contributed by atoms with Crippen molar-refractivity contribution in [1.82, 2.24) is 5.32 Å². The molecule has 1 saturated carbocycles. The van der Waals surface area contributed by atoms with Crippen molar-refractivity contribution in [2.24, 2.45) is 0 Å². The maximum atomic E-state index is 10.8. The summed E-state index contributed by atoms with van der Waals surface area (Å²) in [5.41, 5.74) is 2.71. The van der Waals surface area contributed by atoms with Gasteiger partial charge in [-0.25, -0.2) is 0 Å². The summed E-state index contributed by atoms with van der Waals surface area (Å²) in [5.74, 6) is 0.475. The Labute approximate surface area is 159 Å². The summed E-state index contributed by atoms with van der Waals surface area (Å²) in [4.78, 5) is 10.5. The average molecular weight is 360 g/mol. The summed E-state index contributed by atoms with van der Waals surface area (Å²) in [5, 5.41) is 17.2. The molecule has 1 fully saturated rings. The molecule has 3 atom stereocenters. The van der Waals surface area contributed by atoms with Crippen molar-refractivity contribution in [2.75, 3.05) is 0 Å². The lowest BCUT2D eigenvalue weighted by molar-refractivity contribution is -0.384. The van der Waals surface area contributed by atoms with Gasteiger partial charge in [-0.15, -0.1) is 0 Å². The van der Waals surface area contributed by atoms with Gasteiger partial charge in [-0.05, 0) is 54.0 Å². The van der Waals surface area contributed by atoms with E-state index in [0.717, 1.165) is 19.3 Å². The highest BCUT2D eigenvalue weighted by atomic mass is 16.6. The maximum absolute atomic E-state index is 10.8. The number of hydrogen-bond acceptors (Lipinski definition) is 3. The number of benzene rings is 3. The molecule has 1 N–H and O–H groups in total. The van der Waals surface area contributed by atoms with Gasteiger partial charge in [0.25, 0.3) is 5.69 Å². The molecule has 3 aromatic rings. The van der Waals surface area contributed by atoms with Gasteiger partial charge in [-0.1, -0.05) is 54.6 Å². The van der Waals surface area contributed by atoms with E-state index in [2.05, 4.69) is 54.7 Å². The molecule has 0 aliphatic heterocycles. The lowest BCUT2D eigenvalue weighted by atomic mass is 9.96. The van der Waals surface area contributed by atoms with Crippen molar-refractivity contribution in [3.05, 3.63) is 88.0 Å². The number of nitro groups is 1. The average Bonchev–Trinajstić information content (AvgIpc) is 3.16. The molecule has 0 radical (unpaired) electrons. The second-order valence-electron chi connectivity index (χ2n) is 7.51. The molecule has 27 heavy (non-hydrogen) atoms. The molecule has 138 valence electrons. The molecule has 4 heteroatoms. The maximum Gasteiger partial charge on any atom is 0.269 e. The van der Waals surface area contributed by atoms with Crippen LogP contribution in [0.4, 0.5) is 5.69 Å². The zero-order valence-electron chi connectivity index (χ0n) is 15.5. The number of nitrogens with zero attached hydrogens (tertiary/aromatic N) is 1. The first-order chi connectivity index (χ1) is 13.1. The Morgan fingerprint density at radius 2 is 1.74 bits per heavy atom. The molecule has 0 amide bonds. The van der Waals surface area contributed by atoms with Crippen LogP contribution < -0.4 is 5.32 Å². The van der Waals surface area contributed by atoms with Crippen molar-refractivity contribution < 1.29 is 4.92 Å². The predicted molar refractivity (Wildman–Crippen MR) is 109 cm³/mol. The number of hydrogen-bond donors (Lipinski definition) is 1. The van der Waals surface area contributed by atoms with Gasteiger partial charge in [0.05, 0.1) is 4.92 Å². The highest BCUT2D eigenvalue weighted by Crippen LogP contribution is 2.36. The van der Waals surface area contributed by atoms with E-state index < -0.39 is 0 Å². The van der Waals surface area contributed by atoms with Gasteiger partial charge in [0.1, 0.15) is 0 Å². The summed E-state index contributed by atoms with van der Waals surface area (Å²) in [6, 6.07) is 22.9. The number of fused-ring (bicyclic) bond motifs is 1. The first-order valence-electron chi connectivity index (χ1n) is 9.60. The van der Waals surface area contributed by atoms with Gasteiger partial charge in [0.15, 0.2) is 0 Å². The van der Waals surface area contributed by atoms with E-state index >= 15 is 0 Å². The van der Waals surface area contributed by atoms with Crippen LogP contribution in [0.3, 0.4) is 0 Å². The first kappa shape index (κ1) is 17.7. The summed E-state index contributed by atoms with van der Waals surface area (Å²) >= 11 is 0. The normalized spacial score (nSPS) is 20.6. The van der Waals surface area contributed by atoms with E-state index in [9.17, 15) is 10.1 Å². The summed E-state index contributed by atoms with van der Waals surface area (Å²) in [6.07, 6.45) is 3.33. The molecule has 3 aromatic carbocycles. The fraction of sp³-hybridized carbons (Fsp3) is 0.304. The molecular weight excluding hydrogens is 336 g/mol. The van der Waals surface area contributed by atoms with Crippen molar-refractivity contribution in [3.63, 3.8) is 0 Å². The largest absolute Gasteiger partial charge is 0.307 e. The second-order valence-corrected chi connectivity index (χ2v) is 7.51. The number of nitro benzene ring substituents is 1. The van der Waals surface area contributed by atoms with Crippen molar-refractivity contribution >= 4 is 16.5 Å². The molecule has 0 aromatic heterocycles. The van der Waals surface area contributed by atoms with E-state index in [-0.39, 0.29) is 16.7 Å². The van der Waals surface area contributed by atoms with Crippen LogP contribution in [0.2, 0.25) is 0 Å². The molecule has 0 saturated heterocycles. The van der Waals surface area contributed by atoms with Crippen LogP contribution in [0.25, 0.3) is 10.8 Å². The number of nitrogens with one attached hydrogen (secondary N) is 1. The minimum atomic E-state index is -0.339. The van der Waals surface area contributed by atoms with E-state index in [1.807, 2.05) is 12.1 Å². The third-order valence-electron chi connectivity index (χ3n) is 5.78. The van der Waals surface area contributed by atoms with E-state index in [1.54, 1.807) is 12.1 Å². The lowest BCUT2D eigenvalue weighted by Gasteiger charge is -2.21. The molecule has 0 unspecified atom stereocenters. The Morgan fingerprint density at radius 3 is 2.52 bits per heavy atom. The van der Waals surface area contributed by atoms with Crippen LogP contribution >= 0.6 is 0 Å². The van der Waals surface area contributed by atoms with Crippen LogP contribution in [-0.4, -0.2) is 11.0 Å².